The van der Waals surface area contributed by atoms with Crippen LogP contribution in [0, 0.1) is 5.82 Å². The maximum atomic E-state index is 13.4. The summed E-state index contributed by atoms with van der Waals surface area (Å²) in [5, 5.41) is 4.78. The van der Waals surface area contributed by atoms with Crippen molar-refractivity contribution in [3.8, 4) is 5.75 Å². The SMILES string of the molecule is CCOc1ccc2ccccc2c1C(=O)N1CCN(CCNC(=O)c2ccc(F)cc2)CC1. The first-order valence-electron chi connectivity index (χ1n) is 11.3. The van der Waals surface area contributed by atoms with Gasteiger partial charge in [-0.15, -0.1) is 0 Å². The van der Waals surface area contributed by atoms with Crippen LogP contribution in [0.1, 0.15) is 27.6 Å². The molecule has 33 heavy (non-hydrogen) atoms. The number of nitrogens with one attached hydrogen (secondary N) is 1. The summed E-state index contributed by atoms with van der Waals surface area (Å²) in [7, 11) is 0. The van der Waals surface area contributed by atoms with E-state index in [0.29, 0.717) is 49.7 Å². The topological polar surface area (TPSA) is 61.9 Å². The molecule has 0 radical (unpaired) electrons. The van der Waals surface area contributed by atoms with Gasteiger partial charge in [0.15, 0.2) is 0 Å². The van der Waals surface area contributed by atoms with Crippen molar-refractivity contribution in [3.05, 3.63) is 77.6 Å². The molecule has 7 heteroatoms. The number of amides is 2. The van der Waals surface area contributed by atoms with E-state index in [1.165, 1.54) is 24.3 Å². The first-order valence-corrected chi connectivity index (χ1v) is 11.3. The van der Waals surface area contributed by atoms with E-state index in [4.69, 9.17) is 4.74 Å². The molecular formula is C26H28FN3O3. The van der Waals surface area contributed by atoms with Gasteiger partial charge >= 0.3 is 0 Å². The Bertz CT molecular complexity index is 1130. The van der Waals surface area contributed by atoms with E-state index in [1.807, 2.05) is 48.2 Å². The van der Waals surface area contributed by atoms with Crippen LogP contribution in [0.25, 0.3) is 10.8 Å². The maximum absolute atomic E-state index is 13.4. The van der Waals surface area contributed by atoms with Crippen molar-refractivity contribution in [3.63, 3.8) is 0 Å². The molecule has 0 atom stereocenters. The molecule has 0 aromatic heterocycles. The first kappa shape index (κ1) is 22.7. The van der Waals surface area contributed by atoms with Crippen LogP contribution >= 0.6 is 0 Å². The first-order chi connectivity index (χ1) is 16.1. The van der Waals surface area contributed by atoms with Crippen molar-refractivity contribution in [1.29, 1.82) is 0 Å². The highest BCUT2D eigenvalue weighted by Crippen LogP contribution is 2.29. The molecule has 1 N–H and O–H groups in total. The zero-order chi connectivity index (χ0) is 23.2. The third-order valence-electron chi connectivity index (χ3n) is 5.88. The summed E-state index contributed by atoms with van der Waals surface area (Å²) in [6.45, 7) is 6.27. The summed E-state index contributed by atoms with van der Waals surface area (Å²) >= 11 is 0. The van der Waals surface area contributed by atoms with Crippen molar-refractivity contribution >= 4 is 22.6 Å². The molecule has 0 aliphatic carbocycles. The fourth-order valence-corrected chi connectivity index (χ4v) is 4.11. The predicted molar refractivity (Wildman–Crippen MR) is 126 cm³/mol. The molecule has 3 aromatic carbocycles. The van der Waals surface area contributed by atoms with E-state index < -0.39 is 0 Å². The molecular weight excluding hydrogens is 421 g/mol. The fraction of sp³-hybridized carbons (Fsp3) is 0.308. The molecule has 3 aromatic rings. The number of fused-ring (bicyclic) bond motifs is 1. The highest BCUT2D eigenvalue weighted by atomic mass is 19.1. The van der Waals surface area contributed by atoms with E-state index in [-0.39, 0.29) is 17.6 Å². The highest BCUT2D eigenvalue weighted by Gasteiger charge is 2.26. The standard InChI is InChI=1S/C26H28FN3O3/c1-2-33-23-12-9-19-5-3-4-6-22(19)24(23)26(32)30-17-15-29(16-18-30)14-13-28-25(31)20-7-10-21(27)11-8-20/h3-12H,2,13-18H2,1H3,(H,28,31). The van der Waals surface area contributed by atoms with E-state index in [2.05, 4.69) is 10.2 Å². The Morgan fingerprint density at radius 3 is 2.42 bits per heavy atom. The minimum Gasteiger partial charge on any atom is -0.493 e. The Labute approximate surface area is 192 Å². The second kappa shape index (κ2) is 10.4. The number of ether oxygens (including phenoxy) is 1. The Balaban J connectivity index is 1.33. The number of piperazine rings is 1. The largest absolute Gasteiger partial charge is 0.493 e. The second-order valence-corrected chi connectivity index (χ2v) is 7.99. The Morgan fingerprint density at radius 2 is 1.70 bits per heavy atom. The van der Waals surface area contributed by atoms with Crippen LogP contribution in [0.2, 0.25) is 0 Å². The summed E-state index contributed by atoms with van der Waals surface area (Å²) in [5.41, 5.74) is 1.06. The predicted octanol–water partition coefficient (Wildman–Crippen LogP) is 3.57. The highest BCUT2D eigenvalue weighted by molar-refractivity contribution is 6.09. The van der Waals surface area contributed by atoms with Crippen LogP contribution in [0.15, 0.2) is 60.7 Å². The summed E-state index contributed by atoms with van der Waals surface area (Å²) < 4.78 is 18.8. The molecule has 172 valence electrons. The van der Waals surface area contributed by atoms with Gasteiger partial charge in [0.1, 0.15) is 11.6 Å². The molecule has 2 amide bonds. The maximum Gasteiger partial charge on any atom is 0.258 e. The van der Waals surface area contributed by atoms with Crippen LogP contribution in [0.3, 0.4) is 0 Å². The van der Waals surface area contributed by atoms with Gasteiger partial charge < -0.3 is 15.0 Å². The molecule has 4 rings (SSSR count). The van der Waals surface area contributed by atoms with Gasteiger partial charge in [-0.1, -0.05) is 30.3 Å². The summed E-state index contributed by atoms with van der Waals surface area (Å²) in [5.74, 6) is 0.0192. The van der Waals surface area contributed by atoms with Crippen molar-refractivity contribution in [2.24, 2.45) is 0 Å². The summed E-state index contributed by atoms with van der Waals surface area (Å²) in [6.07, 6.45) is 0. The normalized spacial score (nSPS) is 14.3. The molecule has 6 nitrogen and oxygen atoms in total. The molecule has 0 spiro atoms. The molecule has 0 bridgehead atoms. The van der Waals surface area contributed by atoms with Crippen molar-refractivity contribution in [2.75, 3.05) is 45.9 Å². The lowest BCUT2D eigenvalue weighted by Crippen LogP contribution is -2.50. The molecule has 1 aliphatic rings. The van der Waals surface area contributed by atoms with Gasteiger partial charge in [0.05, 0.1) is 12.2 Å². The Morgan fingerprint density at radius 1 is 0.970 bits per heavy atom. The minimum absolute atomic E-state index is 0.0143. The Kier molecular flexibility index (Phi) is 7.19. The number of halogens is 1. The zero-order valence-electron chi connectivity index (χ0n) is 18.7. The summed E-state index contributed by atoms with van der Waals surface area (Å²) in [6, 6.07) is 17.2. The molecule has 0 unspecified atom stereocenters. The molecule has 1 fully saturated rings. The number of carbonyl (C=O) groups excluding carboxylic acids is 2. The summed E-state index contributed by atoms with van der Waals surface area (Å²) in [4.78, 5) is 29.7. The van der Waals surface area contributed by atoms with Gasteiger partial charge in [-0.3, -0.25) is 14.5 Å². The van der Waals surface area contributed by atoms with Crippen LogP contribution in [-0.2, 0) is 0 Å². The van der Waals surface area contributed by atoms with Gasteiger partial charge in [-0.25, -0.2) is 4.39 Å². The number of benzene rings is 3. The monoisotopic (exact) mass is 449 g/mol. The number of hydrogen-bond donors (Lipinski definition) is 1. The van der Waals surface area contributed by atoms with Crippen LogP contribution in [-0.4, -0.2) is 67.5 Å². The van der Waals surface area contributed by atoms with Crippen molar-refractivity contribution in [1.82, 2.24) is 15.1 Å². The van der Waals surface area contributed by atoms with Gasteiger partial charge in [0.25, 0.3) is 11.8 Å². The van der Waals surface area contributed by atoms with Gasteiger partial charge in [0, 0.05) is 44.8 Å². The third kappa shape index (κ3) is 5.31. The Hall–Kier alpha value is -3.45. The van der Waals surface area contributed by atoms with Gasteiger partial charge in [0.2, 0.25) is 0 Å². The van der Waals surface area contributed by atoms with Gasteiger partial charge in [-0.05, 0) is 48.0 Å². The average molecular weight is 450 g/mol. The fourth-order valence-electron chi connectivity index (χ4n) is 4.11. The van der Waals surface area contributed by atoms with Crippen LogP contribution in [0.4, 0.5) is 4.39 Å². The van der Waals surface area contributed by atoms with Crippen LogP contribution in [0.5, 0.6) is 5.75 Å². The lowest BCUT2D eigenvalue weighted by Gasteiger charge is -2.35. The molecule has 1 aliphatic heterocycles. The van der Waals surface area contributed by atoms with E-state index in [1.54, 1.807) is 0 Å². The number of carbonyl (C=O) groups is 2. The lowest BCUT2D eigenvalue weighted by molar-refractivity contribution is 0.0636. The van der Waals surface area contributed by atoms with E-state index >= 15 is 0 Å². The van der Waals surface area contributed by atoms with Crippen molar-refractivity contribution < 1.29 is 18.7 Å². The second-order valence-electron chi connectivity index (χ2n) is 7.99. The molecule has 1 heterocycles. The van der Waals surface area contributed by atoms with Crippen LogP contribution < -0.4 is 10.1 Å². The number of nitrogens with zero attached hydrogens (tertiary/aromatic N) is 2. The third-order valence-corrected chi connectivity index (χ3v) is 5.88. The smallest absolute Gasteiger partial charge is 0.258 e. The molecule has 1 saturated heterocycles. The number of rotatable bonds is 7. The molecule has 0 saturated carbocycles. The van der Waals surface area contributed by atoms with Crippen molar-refractivity contribution in [2.45, 2.75) is 6.92 Å². The van der Waals surface area contributed by atoms with Gasteiger partial charge in [-0.2, -0.15) is 0 Å². The lowest BCUT2D eigenvalue weighted by atomic mass is 10.0. The minimum atomic E-state index is -0.365. The average Bonchev–Trinajstić information content (AvgIpc) is 2.84. The zero-order valence-corrected chi connectivity index (χ0v) is 18.7. The quantitative estimate of drug-likeness (QED) is 0.599. The number of hydrogen-bond acceptors (Lipinski definition) is 4. The van der Waals surface area contributed by atoms with E-state index in [9.17, 15) is 14.0 Å². The van der Waals surface area contributed by atoms with E-state index in [0.717, 1.165) is 23.9 Å².